The zero-order valence-corrected chi connectivity index (χ0v) is 18.5. The van der Waals surface area contributed by atoms with Gasteiger partial charge in [-0.25, -0.2) is 0 Å². The normalized spacial score (nSPS) is 10.5. The van der Waals surface area contributed by atoms with Gasteiger partial charge in [0.15, 0.2) is 0 Å². The fourth-order valence-corrected chi connectivity index (χ4v) is 3.57. The van der Waals surface area contributed by atoms with Gasteiger partial charge in [-0.1, -0.05) is 42.5 Å². The summed E-state index contributed by atoms with van der Waals surface area (Å²) >= 11 is 0. The molecule has 4 aromatic carbocycles. The van der Waals surface area contributed by atoms with Crippen molar-refractivity contribution in [2.24, 2.45) is 0 Å². The number of fused-ring (bicyclic) bond motifs is 1. The first kappa shape index (κ1) is 21.9. The van der Waals surface area contributed by atoms with E-state index in [0.29, 0.717) is 22.7 Å². The van der Waals surface area contributed by atoms with Gasteiger partial charge in [0.2, 0.25) is 5.91 Å². The molecular formula is C27H25N3O3. The van der Waals surface area contributed by atoms with Crippen molar-refractivity contribution in [1.82, 2.24) is 0 Å². The summed E-state index contributed by atoms with van der Waals surface area (Å²) in [5.74, 6) is 0.190. The number of benzene rings is 4. The molecule has 166 valence electrons. The SMILES string of the molecule is COc1ccccc1NC(=O)c1ccc(NC(=O)CN(C)c2ccc3ccccc3c2)cc1. The van der Waals surface area contributed by atoms with Gasteiger partial charge in [-0.2, -0.15) is 0 Å². The number of rotatable bonds is 7. The van der Waals surface area contributed by atoms with Crippen molar-refractivity contribution in [2.45, 2.75) is 0 Å². The van der Waals surface area contributed by atoms with Crippen LogP contribution in [0.4, 0.5) is 17.1 Å². The van der Waals surface area contributed by atoms with Gasteiger partial charge >= 0.3 is 0 Å². The molecule has 0 aromatic heterocycles. The highest BCUT2D eigenvalue weighted by molar-refractivity contribution is 6.05. The van der Waals surface area contributed by atoms with Gasteiger partial charge in [0.05, 0.1) is 19.3 Å². The molecule has 0 aliphatic heterocycles. The smallest absolute Gasteiger partial charge is 0.255 e. The Labute approximate surface area is 192 Å². The van der Waals surface area contributed by atoms with E-state index in [2.05, 4.69) is 28.8 Å². The second-order valence-corrected chi connectivity index (χ2v) is 7.67. The molecule has 0 aliphatic rings. The van der Waals surface area contributed by atoms with Crippen molar-refractivity contribution in [3.63, 3.8) is 0 Å². The largest absolute Gasteiger partial charge is 0.495 e. The number of para-hydroxylation sites is 2. The van der Waals surface area contributed by atoms with E-state index in [1.807, 2.05) is 48.3 Å². The molecule has 6 nitrogen and oxygen atoms in total. The Kier molecular flexibility index (Phi) is 6.55. The Morgan fingerprint density at radius 2 is 1.52 bits per heavy atom. The molecule has 0 fully saturated rings. The third-order valence-corrected chi connectivity index (χ3v) is 5.34. The molecule has 0 heterocycles. The van der Waals surface area contributed by atoms with E-state index in [0.717, 1.165) is 16.5 Å². The van der Waals surface area contributed by atoms with Crippen LogP contribution in [0.1, 0.15) is 10.4 Å². The number of amides is 2. The molecule has 33 heavy (non-hydrogen) atoms. The highest BCUT2D eigenvalue weighted by Gasteiger charge is 2.11. The summed E-state index contributed by atoms with van der Waals surface area (Å²) in [4.78, 5) is 27.0. The Bertz CT molecular complexity index is 1290. The standard InChI is InChI=1S/C27H25N3O3/c1-30(23-16-13-19-7-3-4-8-21(19)17-23)18-26(31)28-22-14-11-20(12-15-22)27(32)29-24-9-5-6-10-25(24)33-2/h3-17H,18H2,1-2H3,(H,28,31)(H,29,32). The van der Waals surface area contributed by atoms with Gasteiger partial charge < -0.3 is 20.3 Å². The molecule has 0 unspecified atom stereocenters. The average molecular weight is 440 g/mol. The average Bonchev–Trinajstić information content (AvgIpc) is 2.84. The van der Waals surface area contributed by atoms with Crippen LogP contribution in [0.3, 0.4) is 0 Å². The van der Waals surface area contributed by atoms with Gasteiger partial charge in [0.1, 0.15) is 5.75 Å². The molecule has 0 atom stereocenters. The molecule has 4 aromatic rings. The summed E-state index contributed by atoms with van der Waals surface area (Å²) in [5.41, 5.74) is 2.67. The zero-order valence-electron chi connectivity index (χ0n) is 18.5. The van der Waals surface area contributed by atoms with Crippen LogP contribution >= 0.6 is 0 Å². The lowest BCUT2D eigenvalue weighted by Gasteiger charge is -2.19. The zero-order chi connectivity index (χ0) is 23.2. The van der Waals surface area contributed by atoms with Crippen molar-refractivity contribution < 1.29 is 14.3 Å². The molecule has 0 radical (unpaired) electrons. The molecule has 0 aliphatic carbocycles. The number of anilines is 3. The van der Waals surface area contributed by atoms with E-state index in [1.54, 1.807) is 43.5 Å². The first-order valence-electron chi connectivity index (χ1n) is 10.6. The molecule has 2 N–H and O–H groups in total. The molecule has 0 saturated carbocycles. The molecule has 0 saturated heterocycles. The first-order valence-corrected chi connectivity index (χ1v) is 10.6. The highest BCUT2D eigenvalue weighted by atomic mass is 16.5. The minimum Gasteiger partial charge on any atom is -0.495 e. The lowest BCUT2D eigenvalue weighted by molar-refractivity contribution is -0.114. The van der Waals surface area contributed by atoms with Crippen LogP contribution in [-0.4, -0.2) is 32.5 Å². The van der Waals surface area contributed by atoms with Crippen LogP contribution in [0, 0.1) is 0 Å². The monoisotopic (exact) mass is 439 g/mol. The fraction of sp³-hybridized carbons (Fsp3) is 0.111. The van der Waals surface area contributed by atoms with E-state index in [4.69, 9.17) is 4.74 Å². The number of nitrogens with one attached hydrogen (secondary N) is 2. The second-order valence-electron chi connectivity index (χ2n) is 7.67. The van der Waals surface area contributed by atoms with E-state index in [-0.39, 0.29) is 18.4 Å². The number of nitrogens with zero attached hydrogens (tertiary/aromatic N) is 1. The number of hydrogen-bond donors (Lipinski definition) is 2. The molecule has 2 amide bonds. The third kappa shape index (κ3) is 5.30. The number of carbonyl (C=O) groups is 2. The van der Waals surface area contributed by atoms with E-state index >= 15 is 0 Å². The summed E-state index contributed by atoms with van der Waals surface area (Å²) in [7, 11) is 3.44. The van der Waals surface area contributed by atoms with Crippen LogP contribution in [0.5, 0.6) is 5.75 Å². The van der Waals surface area contributed by atoms with Crippen molar-refractivity contribution in [3.05, 3.63) is 96.6 Å². The van der Waals surface area contributed by atoms with Gasteiger partial charge in [0, 0.05) is 24.0 Å². The van der Waals surface area contributed by atoms with Gasteiger partial charge in [-0.3, -0.25) is 9.59 Å². The fourth-order valence-electron chi connectivity index (χ4n) is 3.57. The summed E-state index contributed by atoms with van der Waals surface area (Å²) in [6.45, 7) is 0.203. The Morgan fingerprint density at radius 1 is 0.818 bits per heavy atom. The number of ether oxygens (including phenoxy) is 1. The lowest BCUT2D eigenvalue weighted by Crippen LogP contribution is -2.30. The number of hydrogen-bond acceptors (Lipinski definition) is 4. The van der Waals surface area contributed by atoms with Gasteiger partial charge in [0.25, 0.3) is 5.91 Å². The van der Waals surface area contributed by atoms with Crippen LogP contribution in [0.25, 0.3) is 10.8 Å². The van der Waals surface area contributed by atoms with Crippen molar-refractivity contribution >= 4 is 39.6 Å². The summed E-state index contributed by atoms with van der Waals surface area (Å²) in [6.07, 6.45) is 0. The van der Waals surface area contributed by atoms with Crippen LogP contribution < -0.4 is 20.3 Å². The lowest BCUT2D eigenvalue weighted by atomic mass is 10.1. The molecule has 0 bridgehead atoms. The summed E-state index contributed by atoms with van der Waals surface area (Å²) < 4.78 is 5.26. The highest BCUT2D eigenvalue weighted by Crippen LogP contribution is 2.24. The van der Waals surface area contributed by atoms with Crippen LogP contribution in [0.15, 0.2) is 91.0 Å². The predicted molar refractivity (Wildman–Crippen MR) is 133 cm³/mol. The second kappa shape index (κ2) is 9.87. The Hall–Kier alpha value is -4.32. The topological polar surface area (TPSA) is 70.7 Å². The molecule has 0 spiro atoms. The number of methoxy groups -OCH3 is 1. The van der Waals surface area contributed by atoms with E-state index in [1.165, 1.54) is 0 Å². The Morgan fingerprint density at radius 3 is 2.27 bits per heavy atom. The van der Waals surface area contributed by atoms with Crippen molar-refractivity contribution in [1.29, 1.82) is 0 Å². The van der Waals surface area contributed by atoms with Crippen molar-refractivity contribution in [2.75, 3.05) is 36.2 Å². The predicted octanol–water partition coefficient (Wildman–Crippen LogP) is 5.18. The minimum absolute atomic E-state index is 0.142. The minimum atomic E-state index is -0.256. The number of carbonyl (C=O) groups excluding carboxylic acids is 2. The van der Waals surface area contributed by atoms with Gasteiger partial charge in [-0.05, 0) is 59.3 Å². The summed E-state index contributed by atoms with van der Waals surface area (Å²) in [6, 6.07) is 28.2. The number of likely N-dealkylation sites (N-methyl/N-ethyl adjacent to an activating group) is 1. The first-order chi connectivity index (χ1) is 16.0. The summed E-state index contributed by atoms with van der Waals surface area (Å²) in [5, 5.41) is 8.01. The molecule has 4 rings (SSSR count). The molecule has 6 heteroatoms. The van der Waals surface area contributed by atoms with Crippen molar-refractivity contribution in [3.8, 4) is 5.75 Å². The van der Waals surface area contributed by atoms with E-state index in [9.17, 15) is 9.59 Å². The van der Waals surface area contributed by atoms with Crippen LogP contribution in [0.2, 0.25) is 0 Å². The van der Waals surface area contributed by atoms with Crippen LogP contribution in [-0.2, 0) is 4.79 Å². The quantitative estimate of drug-likeness (QED) is 0.417. The maximum Gasteiger partial charge on any atom is 0.255 e. The maximum absolute atomic E-state index is 12.6. The van der Waals surface area contributed by atoms with Gasteiger partial charge in [-0.15, -0.1) is 0 Å². The maximum atomic E-state index is 12.6. The molecular weight excluding hydrogens is 414 g/mol. The third-order valence-electron chi connectivity index (χ3n) is 5.34. The Balaban J connectivity index is 1.35. The van der Waals surface area contributed by atoms with E-state index < -0.39 is 0 Å².